The molecule has 0 spiro atoms. The average molecular weight is 494 g/mol. The Morgan fingerprint density at radius 3 is 2.57 bits per heavy atom. The van der Waals surface area contributed by atoms with Crippen LogP contribution in [0.4, 0.5) is 21.7 Å². The van der Waals surface area contributed by atoms with Gasteiger partial charge in [-0.1, -0.05) is 29.8 Å². The van der Waals surface area contributed by atoms with Crippen molar-refractivity contribution in [3.63, 3.8) is 0 Å². The van der Waals surface area contributed by atoms with Crippen LogP contribution in [0.25, 0.3) is 22.6 Å². The summed E-state index contributed by atoms with van der Waals surface area (Å²) in [6, 6.07) is 13.9. The van der Waals surface area contributed by atoms with Gasteiger partial charge in [0.1, 0.15) is 17.3 Å². The molecular formula is C22H13ClFN7O4. The number of fused-ring (bicyclic) bond motifs is 1. The molecule has 0 radical (unpaired) electrons. The number of carboxylic acid groups (broad SMARTS) is 1. The minimum absolute atomic E-state index is 0.00635. The summed E-state index contributed by atoms with van der Waals surface area (Å²) in [6.07, 6.45) is 1.39. The molecule has 2 aromatic carbocycles. The van der Waals surface area contributed by atoms with E-state index in [1.807, 2.05) is 0 Å². The first-order valence-corrected chi connectivity index (χ1v) is 10.3. The normalized spacial score (nSPS) is 11.3. The van der Waals surface area contributed by atoms with Crippen LogP contribution in [-0.4, -0.2) is 37.6 Å². The number of hydrogen-bond acceptors (Lipinski definition) is 10. The van der Waals surface area contributed by atoms with Crippen molar-refractivity contribution in [2.45, 2.75) is 0 Å². The number of rotatable bonds is 7. The fourth-order valence-electron chi connectivity index (χ4n) is 3.07. The topological polar surface area (TPSA) is 152 Å². The Morgan fingerprint density at radius 2 is 1.83 bits per heavy atom. The molecular weight excluding hydrogens is 481 g/mol. The van der Waals surface area contributed by atoms with Crippen LogP contribution in [0.15, 0.2) is 68.7 Å². The van der Waals surface area contributed by atoms with Crippen molar-refractivity contribution >= 4 is 52.4 Å². The summed E-state index contributed by atoms with van der Waals surface area (Å²) < 4.78 is 24.5. The van der Waals surface area contributed by atoms with E-state index in [1.165, 1.54) is 30.5 Å². The number of furan rings is 1. The van der Waals surface area contributed by atoms with Crippen LogP contribution < -0.4 is 10.7 Å². The van der Waals surface area contributed by atoms with Crippen molar-refractivity contribution in [2.75, 3.05) is 10.7 Å². The predicted molar refractivity (Wildman–Crippen MR) is 124 cm³/mol. The third-order valence-electron chi connectivity index (χ3n) is 4.71. The highest BCUT2D eigenvalue weighted by Crippen LogP contribution is 2.28. The first-order valence-electron chi connectivity index (χ1n) is 9.92. The van der Waals surface area contributed by atoms with E-state index in [1.54, 1.807) is 30.3 Å². The number of aromatic nitrogens is 4. The summed E-state index contributed by atoms with van der Waals surface area (Å²) in [5.41, 5.74) is 3.74. The lowest BCUT2D eigenvalue weighted by molar-refractivity contribution is 0.0697. The molecule has 35 heavy (non-hydrogen) atoms. The maximum Gasteiger partial charge on any atom is 0.337 e. The monoisotopic (exact) mass is 493 g/mol. The van der Waals surface area contributed by atoms with Gasteiger partial charge < -0.3 is 14.8 Å². The first-order chi connectivity index (χ1) is 17.0. The molecule has 13 heteroatoms. The van der Waals surface area contributed by atoms with Gasteiger partial charge in [-0.25, -0.2) is 18.8 Å². The van der Waals surface area contributed by atoms with Crippen molar-refractivity contribution in [1.82, 2.24) is 20.3 Å². The number of nitrogens with one attached hydrogen (secondary N) is 2. The Labute approximate surface area is 200 Å². The Balaban J connectivity index is 1.37. The maximum absolute atomic E-state index is 14.1. The summed E-state index contributed by atoms with van der Waals surface area (Å²) >= 11 is 6.03. The molecule has 0 saturated carbocycles. The van der Waals surface area contributed by atoms with E-state index in [0.29, 0.717) is 17.1 Å². The van der Waals surface area contributed by atoms with Gasteiger partial charge in [-0.2, -0.15) is 10.1 Å². The zero-order chi connectivity index (χ0) is 24.4. The molecule has 0 aliphatic rings. The SMILES string of the molecule is O=C(O)c1ccc(-c2ccc(/C=N/Nc3nc4nonc4nc3Nc3ccccc3F)o2)cc1Cl. The number of aromatic carboxylic acids is 1. The molecule has 0 amide bonds. The van der Waals surface area contributed by atoms with E-state index in [0.717, 1.165) is 0 Å². The van der Waals surface area contributed by atoms with Crippen molar-refractivity contribution < 1.29 is 23.3 Å². The highest BCUT2D eigenvalue weighted by Gasteiger charge is 2.15. The largest absolute Gasteiger partial charge is 0.478 e. The van der Waals surface area contributed by atoms with E-state index in [4.69, 9.17) is 21.1 Å². The highest BCUT2D eigenvalue weighted by atomic mass is 35.5. The lowest BCUT2D eigenvalue weighted by Crippen LogP contribution is -2.04. The van der Waals surface area contributed by atoms with Crippen molar-refractivity contribution in [3.05, 3.63) is 76.8 Å². The maximum atomic E-state index is 14.1. The molecule has 0 fully saturated rings. The lowest BCUT2D eigenvalue weighted by atomic mass is 10.1. The van der Waals surface area contributed by atoms with Crippen LogP contribution in [0.3, 0.4) is 0 Å². The van der Waals surface area contributed by atoms with Crippen molar-refractivity contribution in [2.24, 2.45) is 5.10 Å². The van der Waals surface area contributed by atoms with Gasteiger partial charge in [-0.05, 0) is 46.7 Å². The van der Waals surface area contributed by atoms with E-state index in [-0.39, 0.29) is 39.2 Å². The number of nitrogens with zero attached hydrogens (tertiary/aromatic N) is 5. The number of anilines is 3. The number of benzene rings is 2. The minimum atomic E-state index is -1.12. The summed E-state index contributed by atoms with van der Waals surface area (Å²) in [5.74, 6) is -0.485. The molecule has 0 aliphatic heterocycles. The Bertz CT molecular complexity index is 1580. The number of hydrazone groups is 1. The zero-order valence-electron chi connectivity index (χ0n) is 17.4. The average Bonchev–Trinajstić information content (AvgIpc) is 3.49. The quantitative estimate of drug-likeness (QED) is 0.209. The van der Waals surface area contributed by atoms with Crippen LogP contribution in [0.5, 0.6) is 0 Å². The Morgan fingerprint density at radius 1 is 1.06 bits per heavy atom. The van der Waals surface area contributed by atoms with Gasteiger partial charge in [0, 0.05) is 5.56 Å². The van der Waals surface area contributed by atoms with Gasteiger partial charge in [0.2, 0.25) is 11.3 Å². The molecule has 0 aliphatic carbocycles. The second-order valence-corrected chi connectivity index (χ2v) is 7.42. The van der Waals surface area contributed by atoms with Crippen LogP contribution in [0, 0.1) is 5.82 Å². The summed E-state index contributed by atoms with van der Waals surface area (Å²) in [6.45, 7) is 0. The fraction of sp³-hybridized carbons (Fsp3) is 0. The van der Waals surface area contributed by atoms with Gasteiger partial charge in [0.25, 0.3) is 0 Å². The molecule has 3 N–H and O–H groups in total. The van der Waals surface area contributed by atoms with E-state index >= 15 is 0 Å². The van der Waals surface area contributed by atoms with Gasteiger partial charge in [-0.3, -0.25) is 5.43 Å². The number of halogens is 2. The summed E-state index contributed by atoms with van der Waals surface area (Å²) in [4.78, 5) is 19.6. The lowest BCUT2D eigenvalue weighted by Gasteiger charge is -2.09. The third-order valence-corrected chi connectivity index (χ3v) is 5.03. The van der Waals surface area contributed by atoms with Crippen LogP contribution in [0.1, 0.15) is 16.1 Å². The summed E-state index contributed by atoms with van der Waals surface area (Å²) in [7, 11) is 0. The molecule has 174 valence electrons. The van der Waals surface area contributed by atoms with E-state index < -0.39 is 11.8 Å². The molecule has 3 heterocycles. The summed E-state index contributed by atoms with van der Waals surface area (Å²) in [5, 5.41) is 23.4. The Kier molecular flexibility index (Phi) is 5.77. The molecule has 3 aromatic heterocycles. The third kappa shape index (κ3) is 4.63. The number of carboxylic acids is 1. The predicted octanol–water partition coefficient (Wildman–Crippen LogP) is 4.95. The minimum Gasteiger partial charge on any atom is -0.478 e. The number of carbonyl (C=O) groups is 1. The Hall–Kier alpha value is -4.84. The van der Waals surface area contributed by atoms with Crippen molar-refractivity contribution in [3.8, 4) is 11.3 Å². The molecule has 5 aromatic rings. The van der Waals surface area contributed by atoms with E-state index in [2.05, 4.69) is 40.8 Å². The van der Waals surface area contributed by atoms with Crippen molar-refractivity contribution in [1.29, 1.82) is 0 Å². The van der Waals surface area contributed by atoms with Gasteiger partial charge in [0.15, 0.2) is 11.6 Å². The smallest absolute Gasteiger partial charge is 0.337 e. The van der Waals surface area contributed by atoms with E-state index in [9.17, 15) is 9.18 Å². The number of para-hydroxylation sites is 1. The number of hydrogen-bond donors (Lipinski definition) is 3. The molecule has 0 unspecified atom stereocenters. The first kappa shape index (κ1) is 22.0. The van der Waals surface area contributed by atoms with Crippen LogP contribution in [-0.2, 0) is 0 Å². The van der Waals surface area contributed by atoms with Crippen LogP contribution in [0.2, 0.25) is 5.02 Å². The van der Waals surface area contributed by atoms with Crippen LogP contribution >= 0.6 is 11.6 Å². The van der Waals surface area contributed by atoms with Gasteiger partial charge in [-0.15, -0.1) is 0 Å². The second kappa shape index (κ2) is 9.19. The molecule has 0 atom stereocenters. The highest BCUT2D eigenvalue weighted by molar-refractivity contribution is 6.33. The zero-order valence-corrected chi connectivity index (χ0v) is 18.2. The molecule has 11 nitrogen and oxygen atoms in total. The molecule has 0 saturated heterocycles. The fourth-order valence-corrected chi connectivity index (χ4v) is 3.33. The molecule has 5 rings (SSSR count). The van der Waals surface area contributed by atoms with Gasteiger partial charge >= 0.3 is 5.97 Å². The second-order valence-electron chi connectivity index (χ2n) is 7.01. The molecule has 0 bridgehead atoms. The van der Waals surface area contributed by atoms with Gasteiger partial charge in [0.05, 0.1) is 22.5 Å². The standard InChI is InChI=1S/C22H13ClFN7O4/c23-14-9-11(5-7-13(14)22(32)33)17-8-6-12(34-17)10-25-29-19-18(26-16-4-2-1-3-15(16)24)27-20-21(28-19)31-35-30-20/h1-10H,(H,32,33)(H,26,27,30)(H,28,29,31)/b25-10+.